The van der Waals surface area contributed by atoms with E-state index in [1.807, 2.05) is 14.0 Å². The van der Waals surface area contributed by atoms with Crippen molar-refractivity contribution in [3.05, 3.63) is 29.6 Å². The highest BCUT2D eigenvalue weighted by Crippen LogP contribution is 2.26. The zero-order valence-electron chi connectivity index (χ0n) is 18.7. The van der Waals surface area contributed by atoms with Crippen LogP contribution >= 0.6 is 0 Å². The molecule has 3 rings (SSSR count). The van der Waals surface area contributed by atoms with E-state index in [1.54, 1.807) is 12.1 Å². The molecule has 0 spiro atoms. The molecule has 1 atom stereocenters. The van der Waals surface area contributed by atoms with Crippen LogP contribution in [-0.4, -0.2) is 81.5 Å². The number of carbonyl (C=O) groups is 2. The number of urea groups is 1. The molecule has 8 nitrogen and oxygen atoms in total. The zero-order chi connectivity index (χ0) is 23.3. The minimum absolute atomic E-state index is 0.0193. The molecule has 2 aliphatic rings. The summed E-state index contributed by atoms with van der Waals surface area (Å²) in [6.07, 6.45) is 1.78. The maximum absolute atomic E-state index is 14.1. The summed E-state index contributed by atoms with van der Waals surface area (Å²) in [6.45, 7) is 4.63. The molecule has 1 aromatic carbocycles. The number of imide groups is 1. The van der Waals surface area contributed by atoms with Gasteiger partial charge in [-0.15, -0.1) is 0 Å². The van der Waals surface area contributed by atoms with Crippen molar-refractivity contribution >= 4 is 21.8 Å². The Morgan fingerprint density at radius 1 is 1.22 bits per heavy atom. The summed E-state index contributed by atoms with van der Waals surface area (Å²) in [6, 6.07) is 4.17. The second-order valence-electron chi connectivity index (χ2n) is 8.94. The lowest BCUT2D eigenvalue weighted by Crippen LogP contribution is -2.46. The van der Waals surface area contributed by atoms with Crippen LogP contribution in [-0.2, 0) is 14.6 Å². The van der Waals surface area contributed by atoms with E-state index in [4.69, 9.17) is 4.74 Å². The monoisotopic (exact) mass is 469 g/mol. The van der Waals surface area contributed by atoms with E-state index in [0.717, 1.165) is 18.7 Å². The summed E-state index contributed by atoms with van der Waals surface area (Å²) in [5, 5.41) is 2.22. The number of nitrogens with one attached hydrogen (secondary N) is 1. The third-order valence-electron chi connectivity index (χ3n) is 5.89. The number of halogens is 1. The number of likely N-dealkylation sites (tertiary alicyclic amines) is 1. The maximum atomic E-state index is 14.1. The number of sulfone groups is 1. The van der Waals surface area contributed by atoms with Gasteiger partial charge in [0.2, 0.25) is 5.91 Å². The summed E-state index contributed by atoms with van der Waals surface area (Å²) >= 11 is 0. The lowest BCUT2D eigenvalue weighted by Gasteiger charge is -2.35. The molecule has 0 bridgehead atoms. The number of benzene rings is 1. The first-order valence-corrected chi connectivity index (χ1v) is 12.8. The van der Waals surface area contributed by atoms with E-state index in [1.165, 1.54) is 11.0 Å². The van der Waals surface area contributed by atoms with E-state index >= 15 is 0 Å². The third kappa shape index (κ3) is 6.90. The highest BCUT2D eigenvalue weighted by Gasteiger charge is 2.26. The number of rotatable bonds is 12. The van der Waals surface area contributed by atoms with Crippen LogP contribution in [0.15, 0.2) is 18.2 Å². The molecule has 1 N–H and O–H groups in total. The topological polar surface area (TPSA) is 96.0 Å². The molecule has 0 aromatic heterocycles. The minimum atomic E-state index is -3.28. The molecule has 2 saturated heterocycles. The Kier molecular flexibility index (Phi) is 8.10. The molecule has 0 aliphatic carbocycles. The molecular formula is C22H32FN3O5S. The van der Waals surface area contributed by atoms with E-state index in [9.17, 15) is 22.4 Å². The Morgan fingerprint density at radius 2 is 1.97 bits per heavy atom. The van der Waals surface area contributed by atoms with Crippen LogP contribution < -0.4 is 10.1 Å². The van der Waals surface area contributed by atoms with Crippen LogP contribution in [0.1, 0.15) is 37.7 Å². The van der Waals surface area contributed by atoms with Crippen LogP contribution in [0.3, 0.4) is 0 Å². The Labute approximate surface area is 189 Å². The molecule has 0 radical (unpaired) electrons. The summed E-state index contributed by atoms with van der Waals surface area (Å²) in [7, 11) is -1.26. The molecular weight excluding hydrogens is 437 g/mol. The Bertz CT molecular complexity index is 933. The SMILES string of the molecule is C[C@@H](CS(=O)(=O)CCCCCN1CC(=O)NC1=O)c1ccc(F)c(OCC2CN(C)C2)c1. The predicted molar refractivity (Wildman–Crippen MR) is 119 cm³/mol. The van der Waals surface area contributed by atoms with Gasteiger partial charge in [-0.1, -0.05) is 19.4 Å². The van der Waals surface area contributed by atoms with Crippen molar-refractivity contribution in [2.45, 2.75) is 32.1 Å². The average molecular weight is 470 g/mol. The molecule has 2 fully saturated rings. The number of unbranched alkanes of at least 4 members (excludes halogenated alkanes) is 2. The predicted octanol–water partition coefficient (Wildman–Crippen LogP) is 2.01. The van der Waals surface area contributed by atoms with Gasteiger partial charge in [-0.2, -0.15) is 0 Å². The van der Waals surface area contributed by atoms with Crippen molar-refractivity contribution in [3.8, 4) is 5.75 Å². The quantitative estimate of drug-likeness (QED) is 0.372. The lowest BCUT2D eigenvalue weighted by atomic mass is 10.0. The normalized spacial score (nSPS) is 18.5. The Morgan fingerprint density at radius 3 is 2.62 bits per heavy atom. The molecule has 3 amide bonds. The smallest absolute Gasteiger partial charge is 0.324 e. The van der Waals surface area contributed by atoms with Gasteiger partial charge in [0.1, 0.15) is 6.54 Å². The van der Waals surface area contributed by atoms with E-state index < -0.39 is 15.7 Å². The largest absolute Gasteiger partial charge is 0.490 e. The molecule has 0 saturated carbocycles. The highest BCUT2D eigenvalue weighted by atomic mass is 32.2. The van der Waals surface area contributed by atoms with Gasteiger partial charge in [-0.3, -0.25) is 10.1 Å². The minimum Gasteiger partial charge on any atom is -0.490 e. The zero-order valence-corrected chi connectivity index (χ0v) is 19.5. The first-order chi connectivity index (χ1) is 15.1. The van der Waals surface area contributed by atoms with Crippen molar-refractivity contribution in [2.24, 2.45) is 5.92 Å². The van der Waals surface area contributed by atoms with Crippen LogP contribution in [0.25, 0.3) is 0 Å². The number of amides is 3. The number of hydrogen-bond acceptors (Lipinski definition) is 6. The number of ether oxygens (including phenoxy) is 1. The van der Waals surface area contributed by atoms with Gasteiger partial charge in [0.25, 0.3) is 0 Å². The third-order valence-corrected chi connectivity index (χ3v) is 7.81. The van der Waals surface area contributed by atoms with Crippen molar-refractivity contribution in [1.29, 1.82) is 0 Å². The fourth-order valence-electron chi connectivity index (χ4n) is 4.10. The first kappa shape index (κ1) is 24.4. The van der Waals surface area contributed by atoms with Gasteiger partial charge in [-0.25, -0.2) is 17.6 Å². The summed E-state index contributed by atoms with van der Waals surface area (Å²) < 4.78 is 44.9. The van der Waals surface area contributed by atoms with Crippen LogP contribution in [0, 0.1) is 11.7 Å². The summed E-state index contributed by atoms with van der Waals surface area (Å²) in [5.74, 6) is -0.429. The molecule has 2 aliphatic heterocycles. The fraction of sp³-hybridized carbons (Fsp3) is 0.636. The van der Waals surface area contributed by atoms with Crippen molar-refractivity contribution in [1.82, 2.24) is 15.1 Å². The van der Waals surface area contributed by atoms with E-state index in [2.05, 4.69) is 10.2 Å². The van der Waals surface area contributed by atoms with Gasteiger partial charge in [0, 0.05) is 25.6 Å². The summed E-state index contributed by atoms with van der Waals surface area (Å²) in [4.78, 5) is 26.2. The van der Waals surface area contributed by atoms with Crippen molar-refractivity contribution in [2.75, 3.05) is 51.3 Å². The molecule has 2 heterocycles. The van der Waals surface area contributed by atoms with Gasteiger partial charge in [0.05, 0.1) is 18.1 Å². The number of hydrogen-bond donors (Lipinski definition) is 1. The van der Waals surface area contributed by atoms with Gasteiger partial charge in [0.15, 0.2) is 21.4 Å². The Balaban J connectivity index is 1.42. The van der Waals surface area contributed by atoms with Crippen LogP contribution in [0.2, 0.25) is 0 Å². The molecule has 178 valence electrons. The van der Waals surface area contributed by atoms with Crippen molar-refractivity contribution in [3.63, 3.8) is 0 Å². The van der Waals surface area contributed by atoms with Crippen LogP contribution in [0.5, 0.6) is 5.75 Å². The fourth-order valence-corrected chi connectivity index (χ4v) is 5.87. The molecule has 0 unspecified atom stereocenters. The number of nitrogens with zero attached hydrogens (tertiary/aromatic N) is 2. The van der Waals surface area contributed by atoms with Gasteiger partial charge in [-0.05, 0) is 43.5 Å². The van der Waals surface area contributed by atoms with Gasteiger partial charge < -0.3 is 14.5 Å². The average Bonchev–Trinajstić information content (AvgIpc) is 3.01. The second-order valence-corrected chi connectivity index (χ2v) is 11.2. The maximum Gasteiger partial charge on any atom is 0.324 e. The van der Waals surface area contributed by atoms with Gasteiger partial charge >= 0.3 is 6.03 Å². The standard InChI is InChI=1S/C22H32FN3O5S/c1-16(18-6-7-19(23)20(10-18)31-14-17-11-25(2)12-17)15-32(29,30)9-5-3-4-8-26-13-21(27)24-22(26)28/h6-7,10,16-17H,3-5,8-9,11-15H2,1-2H3,(H,24,27,28)/t16-/m0/s1. The first-order valence-electron chi connectivity index (χ1n) is 11.0. The lowest BCUT2D eigenvalue weighted by molar-refractivity contribution is -0.118. The van der Waals surface area contributed by atoms with E-state index in [-0.39, 0.29) is 41.7 Å². The second kappa shape index (κ2) is 10.6. The van der Waals surface area contributed by atoms with Crippen molar-refractivity contribution < 1.29 is 27.1 Å². The Hall–Kier alpha value is -2.20. The van der Waals surface area contributed by atoms with Crippen LogP contribution in [0.4, 0.5) is 9.18 Å². The number of carbonyl (C=O) groups excluding carboxylic acids is 2. The molecule has 32 heavy (non-hydrogen) atoms. The highest BCUT2D eigenvalue weighted by molar-refractivity contribution is 7.91. The molecule has 1 aromatic rings. The molecule has 10 heteroatoms. The van der Waals surface area contributed by atoms with E-state index in [0.29, 0.717) is 38.3 Å². The summed E-state index contributed by atoms with van der Waals surface area (Å²) in [5.41, 5.74) is 0.736.